The van der Waals surface area contributed by atoms with Gasteiger partial charge in [0.1, 0.15) is 11.5 Å². The number of phenolic OH excluding ortho intramolecular Hbond substituents is 1. The predicted molar refractivity (Wildman–Crippen MR) is 89.7 cm³/mol. The zero-order chi connectivity index (χ0) is 16.4. The Hall–Kier alpha value is -2.66. The van der Waals surface area contributed by atoms with Crippen LogP contribution in [0, 0.1) is 0 Å². The highest BCUT2D eigenvalue weighted by Gasteiger charge is 2.15. The van der Waals surface area contributed by atoms with Crippen LogP contribution in [0.1, 0.15) is 6.92 Å². The van der Waals surface area contributed by atoms with Crippen LogP contribution in [-0.2, 0) is 0 Å². The molecule has 0 aliphatic heterocycles. The first-order valence-electron chi connectivity index (χ1n) is 7.13. The number of nitrogens with one attached hydrogen (secondary N) is 1. The van der Waals surface area contributed by atoms with E-state index >= 15 is 0 Å². The van der Waals surface area contributed by atoms with Gasteiger partial charge in [-0.2, -0.15) is 0 Å². The van der Waals surface area contributed by atoms with Crippen LogP contribution < -0.4 is 10.3 Å². The summed E-state index contributed by atoms with van der Waals surface area (Å²) in [6.45, 7) is 2.31. The molecule has 0 atom stereocenters. The molecule has 0 aliphatic carbocycles. The molecular formula is C17H15ClN2O3. The molecule has 1 aromatic heterocycles. The fourth-order valence-electron chi connectivity index (χ4n) is 2.37. The average Bonchev–Trinajstić information content (AvgIpc) is 2.90. The van der Waals surface area contributed by atoms with E-state index in [0.717, 1.165) is 0 Å². The Kier molecular flexibility index (Phi) is 4.12. The molecule has 1 heterocycles. The molecule has 2 N–H and O–H groups in total. The van der Waals surface area contributed by atoms with Crippen LogP contribution in [0.25, 0.3) is 16.9 Å². The van der Waals surface area contributed by atoms with E-state index < -0.39 is 0 Å². The third-order valence-corrected chi connectivity index (χ3v) is 3.63. The number of aromatic amines is 1. The summed E-state index contributed by atoms with van der Waals surface area (Å²) in [5.74, 6) is 0.553. The lowest BCUT2D eigenvalue weighted by Gasteiger charge is -2.10. The average molecular weight is 331 g/mol. The summed E-state index contributed by atoms with van der Waals surface area (Å²) in [6, 6.07) is 13.3. The van der Waals surface area contributed by atoms with E-state index in [1.165, 1.54) is 10.7 Å². The maximum absolute atomic E-state index is 12.3. The molecule has 118 valence electrons. The third kappa shape index (κ3) is 2.96. The maximum atomic E-state index is 12.3. The Morgan fingerprint density at radius 2 is 1.96 bits per heavy atom. The van der Waals surface area contributed by atoms with E-state index in [2.05, 4.69) is 5.10 Å². The van der Waals surface area contributed by atoms with Gasteiger partial charge in [-0.05, 0) is 43.3 Å². The molecule has 5 nitrogen and oxygen atoms in total. The van der Waals surface area contributed by atoms with Crippen LogP contribution in [-0.4, -0.2) is 21.5 Å². The Bertz CT molecular complexity index is 882. The highest BCUT2D eigenvalue weighted by Crippen LogP contribution is 2.36. The number of benzene rings is 2. The number of nitrogens with zero attached hydrogens (tertiary/aromatic N) is 1. The second kappa shape index (κ2) is 6.22. The van der Waals surface area contributed by atoms with Crippen LogP contribution in [0.5, 0.6) is 11.5 Å². The zero-order valence-corrected chi connectivity index (χ0v) is 13.2. The number of halogens is 1. The van der Waals surface area contributed by atoms with Crippen molar-refractivity contribution in [3.8, 4) is 28.4 Å². The van der Waals surface area contributed by atoms with E-state index in [-0.39, 0.29) is 11.3 Å². The van der Waals surface area contributed by atoms with Gasteiger partial charge in [0.05, 0.1) is 23.6 Å². The van der Waals surface area contributed by atoms with E-state index in [1.807, 2.05) is 6.92 Å². The maximum Gasteiger partial charge on any atom is 0.271 e. The van der Waals surface area contributed by atoms with Crippen LogP contribution in [0.3, 0.4) is 0 Å². The summed E-state index contributed by atoms with van der Waals surface area (Å²) in [4.78, 5) is 12.3. The van der Waals surface area contributed by atoms with Gasteiger partial charge in [0, 0.05) is 11.1 Å². The Balaban J connectivity index is 2.12. The minimum atomic E-state index is -0.243. The quantitative estimate of drug-likeness (QED) is 0.768. The standard InChI is InChI=1S/C17H15ClN2O3/c1-2-23-15-5-3-4-14(21)17(15)13-10-16(22)20(19-13)12-8-6-11(18)7-9-12/h3-10,19,21H,2H2,1H3. The van der Waals surface area contributed by atoms with Gasteiger partial charge < -0.3 is 9.84 Å². The van der Waals surface area contributed by atoms with Crippen molar-refractivity contribution in [2.45, 2.75) is 6.92 Å². The summed E-state index contributed by atoms with van der Waals surface area (Å²) in [6.07, 6.45) is 0. The molecule has 0 spiro atoms. The molecule has 0 radical (unpaired) electrons. The number of hydrogen-bond acceptors (Lipinski definition) is 3. The van der Waals surface area contributed by atoms with E-state index in [4.69, 9.17) is 16.3 Å². The van der Waals surface area contributed by atoms with Gasteiger partial charge in [0.15, 0.2) is 0 Å². The molecule has 3 aromatic rings. The number of ether oxygens (including phenoxy) is 1. The van der Waals surface area contributed by atoms with E-state index in [9.17, 15) is 9.90 Å². The fraction of sp³-hybridized carbons (Fsp3) is 0.118. The van der Waals surface area contributed by atoms with Gasteiger partial charge in [-0.3, -0.25) is 9.89 Å². The molecule has 0 unspecified atom stereocenters. The van der Waals surface area contributed by atoms with Crippen molar-refractivity contribution in [2.24, 2.45) is 0 Å². The lowest BCUT2D eigenvalue weighted by atomic mass is 10.1. The first kappa shape index (κ1) is 15.2. The number of phenols is 1. The van der Waals surface area contributed by atoms with Gasteiger partial charge in [-0.1, -0.05) is 17.7 Å². The normalized spacial score (nSPS) is 10.7. The van der Waals surface area contributed by atoms with Gasteiger partial charge >= 0.3 is 0 Å². The molecule has 3 rings (SSSR count). The lowest BCUT2D eigenvalue weighted by molar-refractivity contribution is 0.339. The molecule has 0 saturated heterocycles. The van der Waals surface area contributed by atoms with Crippen molar-refractivity contribution < 1.29 is 9.84 Å². The van der Waals surface area contributed by atoms with Crippen molar-refractivity contribution in [2.75, 3.05) is 6.61 Å². The summed E-state index contributed by atoms with van der Waals surface area (Å²) in [5, 5.41) is 13.7. The van der Waals surface area contributed by atoms with Gasteiger partial charge in [-0.15, -0.1) is 0 Å². The predicted octanol–water partition coefficient (Wildman–Crippen LogP) is 3.59. The molecule has 0 aliphatic rings. The van der Waals surface area contributed by atoms with Crippen molar-refractivity contribution >= 4 is 11.6 Å². The largest absolute Gasteiger partial charge is 0.507 e. The van der Waals surface area contributed by atoms with Crippen molar-refractivity contribution in [3.05, 3.63) is 63.9 Å². The molecule has 0 amide bonds. The van der Waals surface area contributed by atoms with Gasteiger partial charge in [0.25, 0.3) is 5.56 Å². The molecule has 0 bridgehead atoms. The second-order valence-electron chi connectivity index (χ2n) is 4.90. The summed E-state index contributed by atoms with van der Waals surface area (Å²) >= 11 is 5.87. The molecule has 23 heavy (non-hydrogen) atoms. The Morgan fingerprint density at radius 1 is 1.22 bits per heavy atom. The lowest BCUT2D eigenvalue weighted by Crippen LogP contribution is -2.13. The van der Waals surface area contributed by atoms with Crippen LogP contribution in [0.2, 0.25) is 5.02 Å². The first-order chi connectivity index (χ1) is 11.1. The van der Waals surface area contributed by atoms with E-state index in [0.29, 0.717) is 34.3 Å². The van der Waals surface area contributed by atoms with Crippen LogP contribution >= 0.6 is 11.6 Å². The number of rotatable bonds is 4. The topological polar surface area (TPSA) is 67.2 Å². The monoisotopic (exact) mass is 330 g/mol. The summed E-state index contributed by atoms with van der Waals surface area (Å²) in [5.41, 5.74) is 1.35. The Morgan fingerprint density at radius 3 is 2.65 bits per heavy atom. The van der Waals surface area contributed by atoms with Crippen LogP contribution in [0.4, 0.5) is 0 Å². The first-order valence-corrected chi connectivity index (χ1v) is 7.51. The third-order valence-electron chi connectivity index (χ3n) is 3.38. The highest BCUT2D eigenvalue weighted by molar-refractivity contribution is 6.30. The number of hydrogen-bond donors (Lipinski definition) is 2. The van der Waals surface area contributed by atoms with Crippen molar-refractivity contribution in [1.29, 1.82) is 0 Å². The van der Waals surface area contributed by atoms with Crippen LogP contribution in [0.15, 0.2) is 53.3 Å². The Labute approximate surface area is 137 Å². The molecule has 6 heteroatoms. The number of aromatic hydroxyl groups is 1. The number of H-pyrrole nitrogens is 1. The molecule has 0 saturated carbocycles. The van der Waals surface area contributed by atoms with Crippen molar-refractivity contribution in [3.63, 3.8) is 0 Å². The molecule has 2 aromatic carbocycles. The van der Waals surface area contributed by atoms with E-state index in [1.54, 1.807) is 42.5 Å². The minimum absolute atomic E-state index is 0.0421. The van der Waals surface area contributed by atoms with Gasteiger partial charge in [0.2, 0.25) is 0 Å². The molecular weight excluding hydrogens is 316 g/mol. The summed E-state index contributed by atoms with van der Waals surface area (Å²) < 4.78 is 6.92. The zero-order valence-electron chi connectivity index (χ0n) is 12.4. The SMILES string of the molecule is CCOc1cccc(O)c1-c1cc(=O)n(-c2ccc(Cl)cc2)[nH]1. The fourth-order valence-corrected chi connectivity index (χ4v) is 2.50. The second-order valence-corrected chi connectivity index (χ2v) is 5.34. The molecule has 0 fully saturated rings. The smallest absolute Gasteiger partial charge is 0.271 e. The van der Waals surface area contributed by atoms with Gasteiger partial charge in [-0.25, -0.2) is 4.68 Å². The summed E-state index contributed by atoms with van der Waals surface area (Å²) in [7, 11) is 0. The highest BCUT2D eigenvalue weighted by atomic mass is 35.5. The van der Waals surface area contributed by atoms with Crippen molar-refractivity contribution in [1.82, 2.24) is 9.78 Å². The number of aromatic nitrogens is 2. The minimum Gasteiger partial charge on any atom is -0.507 e.